The summed E-state index contributed by atoms with van der Waals surface area (Å²) in [4.78, 5) is 12.3. The lowest BCUT2D eigenvalue weighted by atomic mass is 10.2. The van der Waals surface area contributed by atoms with Crippen LogP contribution in [0.15, 0.2) is 35.5 Å². The quantitative estimate of drug-likeness (QED) is 0.795. The van der Waals surface area contributed by atoms with E-state index in [9.17, 15) is 4.79 Å². The summed E-state index contributed by atoms with van der Waals surface area (Å²) in [5.74, 6) is 0.993. The van der Waals surface area contributed by atoms with Gasteiger partial charge in [-0.05, 0) is 18.2 Å². The molecule has 3 N–H and O–H groups in total. The molecule has 1 unspecified atom stereocenters. The van der Waals surface area contributed by atoms with E-state index in [-0.39, 0.29) is 11.9 Å². The van der Waals surface area contributed by atoms with Gasteiger partial charge >= 0.3 is 0 Å². The van der Waals surface area contributed by atoms with Crippen molar-refractivity contribution in [1.29, 1.82) is 0 Å². The first-order valence-corrected chi connectivity index (χ1v) is 7.76. The molecule has 1 heterocycles. The molecule has 1 atom stereocenters. The molecule has 6 nitrogen and oxygen atoms in total. The van der Waals surface area contributed by atoms with Crippen molar-refractivity contribution in [3.05, 3.63) is 35.9 Å². The molecule has 0 saturated carbocycles. The van der Waals surface area contributed by atoms with Crippen molar-refractivity contribution in [2.75, 3.05) is 11.5 Å². The number of nitrogens with zero attached hydrogens (tertiary/aromatic N) is 3. The maximum atomic E-state index is 12.3. The zero-order valence-corrected chi connectivity index (χ0v) is 12.9. The number of carbonyl (C=O) groups is 1. The van der Waals surface area contributed by atoms with Crippen LogP contribution in [0.25, 0.3) is 0 Å². The van der Waals surface area contributed by atoms with Crippen LogP contribution in [-0.2, 0) is 11.3 Å². The molecule has 0 aliphatic rings. The lowest BCUT2D eigenvalue weighted by Gasteiger charge is -2.16. The molecule has 0 bridgehead atoms. The summed E-state index contributed by atoms with van der Waals surface area (Å²) >= 11 is 1.51. The Labute approximate surface area is 128 Å². The highest BCUT2D eigenvalue weighted by atomic mass is 32.2. The van der Waals surface area contributed by atoms with Gasteiger partial charge in [0.15, 0.2) is 5.16 Å². The highest BCUT2D eigenvalue weighted by Crippen LogP contribution is 2.22. The fourth-order valence-electron chi connectivity index (χ4n) is 1.93. The second kappa shape index (κ2) is 7.12. The number of anilines is 1. The molecule has 7 heteroatoms. The van der Waals surface area contributed by atoms with Gasteiger partial charge in [0.25, 0.3) is 0 Å². The molecule has 2 aromatic rings. The van der Waals surface area contributed by atoms with Gasteiger partial charge in [-0.15, -0.1) is 10.2 Å². The fraction of sp³-hybridized carbons (Fsp3) is 0.357. The van der Waals surface area contributed by atoms with Gasteiger partial charge in [-0.1, -0.05) is 49.0 Å². The van der Waals surface area contributed by atoms with Crippen LogP contribution in [0.5, 0.6) is 0 Å². The van der Waals surface area contributed by atoms with E-state index >= 15 is 0 Å². The van der Waals surface area contributed by atoms with Crippen LogP contribution in [0.4, 0.5) is 5.95 Å². The Morgan fingerprint density at radius 1 is 1.38 bits per heavy atom. The topological polar surface area (TPSA) is 85.8 Å². The fourth-order valence-corrected chi connectivity index (χ4v) is 2.68. The van der Waals surface area contributed by atoms with E-state index in [4.69, 9.17) is 5.73 Å². The molecule has 2 rings (SSSR count). The number of amides is 1. The van der Waals surface area contributed by atoms with E-state index in [1.807, 2.05) is 37.3 Å². The zero-order chi connectivity index (χ0) is 15.2. The predicted molar refractivity (Wildman–Crippen MR) is 83.8 cm³/mol. The number of hydrogen-bond acceptors (Lipinski definition) is 5. The summed E-state index contributed by atoms with van der Waals surface area (Å²) in [7, 11) is 0. The van der Waals surface area contributed by atoms with Crippen LogP contribution in [0, 0.1) is 0 Å². The first kappa shape index (κ1) is 15.4. The predicted octanol–water partition coefficient (Wildman–Crippen LogP) is 1.85. The van der Waals surface area contributed by atoms with Crippen LogP contribution in [0.2, 0.25) is 0 Å². The SMILES string of the molecule is CCSc1nnc(N)n1C(C)C(=O)NCc1ccccc1. The summed E-state index contributed by atoms with van der Waals surface area (Å²) in [6, 6.07) is 9.32. The summed E-state index contributed by atoms with van der Waals surface area (Å²) in [6.45, 7) is 4.29. The van der Waals surface area contributed by atoms with Crippen molar-refractivity contribution in [1.82, 2.24) is 20.1 Å². The van der Waals surface area contributed by atoms with Crippen LogP contribution >= 0.6 is 11.8 Å². The van der Waals surface area contributed by atoms with Gasteiger partial charge in [0.05, 0.1) is 0 Å². The van der Waals surface area contributed by atoms with E-state index in [2.05, 4.69) is 15.5 Å². The Morgan fingerprint density at radius 2 is 2.10 bits per heavy atom. The van der Waals surface area contributed by atoms with Gasteiger partial charge in [-0.2, -0.15) is 0 Å². The first-order valence-electron chi connectivity index (χ1n) is 6.78. The maximum absolute atomic E-state index is 12.3. The molecule has 0 aliphatic heterocycles. The Hall–Kier alpha value is -2.02. The number of benzene rings is 1. The molecule has 21 heavy (non-hydrogen) atoms. The third-order valence-corrected chi connectivity index (χ3v) is 3.87. The van der Waals surface area contributed by atoms with E-state index in [0.717, 1.165) is 11.3 Å². The average molecular weight is 305 g/mol. The van der Waals surface area contributed by atoms with Crippen molar-refractivity contribution in [3.8, 4) is 0 Å². The molecule has 0 spiro atoms. The molecular weight excluding hydrogens is 286 g/mol. The molecule has 112 valence electrons. The van der Waals surface area contributed by atoms with Crippen molar-refractivity contribution >= 4 is 23.6 Å². The second-order valence-corrected chi connectivity index (χ2v) is 5.75. The molecule has 0 radical (unpaired) electrons. The van der Waals surface area contributed by atoms with Crippen LogP contribution in [-0.4, -0.2) is 26.4 Å². The maximum Gasteiger partial charge on any atom is 0.243 e. The van der Waals surface area contributed by atoms with Crippen molar-refractivity contribution in [2.45, 2.75) is 31.6 Å². The Morgan fingerprint density at radius 3 is 2.76 bits per heavy atom. The molecule has 0 aliphatic carbocycles. The summed E-state index contributed by atoms with van der Waals surface area (Å²) in [6.07, 6.45) is 0. The Bertz CT molecular complexity index is 599. The monoisotopic (exact) mass is 305 g/mol. The summed E-state index contributed by atoms with van der Waals surface area (Å²) in [5, 5.41) is 11.4. The third-order valence-electron chi connectivity index (χ3n) is 3.04. The van der Waals surface area contributed by atoms with Gasteiger partial charge in [-0.3, -0.25) is 9.36 Å². The molecule has 1 amide bonds. The minimum Gasteiger partial charge on any atom is -0.368 e. The van der Waals surface area contributed by atoms with Crippen molar-refractivity contribution in [2.24, 2.45) is 0 Å². The van der Waals surface area contributed by atoms with Gasteiger partial charge in [0.1, 0.15) is 6.04 Å². The highest BCUT2D eigenvalue weighted by molar-refractivity contribution is 7.99. The van der Waals surface area contributed by atoms with Crippen LogP contribution in [0.1, 0.15) is 25.5 Å². The first-order chi connectivity index (χ1) is 10.1. The number of nitrogen functional groups attached to an aromatic ring is 1. The third kappa shape index (κ3) is 3.75. The lowest BCUT2D eigenvalue weighted by Crippen LogP contribution is -2.31. The molecule has 1 aromatic heterocycles. The van der Waals surface area contributed by atoms with Gasteiger partial charge in [0.2, 0.25) is 11.9 Å². The highest BCUT2D eigenvalue weighted by Gasteiger charge is 2.21. The zero-order valence-electron chi connectivity index (χ0n) is 12.1. The minimum absolute atomic E-state index is 0.108. The molecule has 0 saturated heterocycles. The molecule has 1 aromatic carbocycles. The number of carbonyl (C=O) groups excluding carboxylic acids is 1. The van der Waals surface area contributed by atoms with Gasteiger partial charge in [-0.25, -0.2) is 0 Å². The average Bonchev–Trinajstić information content (AvgIpc) is 2.86. The van der Waals surface area contributed by atoms with Crippen molar-refractivity contribution in [3.63, 3.8) is 0 Å². The smallest absolute Gasteiger partial charge is 0.243 e. The standard InChI is InChI=1S/C14H19N5OS/c1-3-21-14-18-17-13(15)19(14)10(2)12(20)16-9-11-7-5-4-6-8-11/h4-8,10H,3,9H2,1-2H3,(H2,15,17)(H,16,20). The normalized spacial score (nSPS) is 12.1. The van der Waals surface area contributed by atoms with Crippen LogP contribution < -0.4 is 11.1 Å². The summed E-state index contributed by atoms with van der Waals surface area (Å²) < 4.78 is 1.66. The van der Waals surface area contributed by atoms with Crippen molar-refractivity contribution < 1.29 is 4.79 Å². The minimum atomic E-state index is -0.447. The largest absolute Gasteiger partial charge is 0.368 e. The second-order valence-electron chi connectivity index (χ2n) is 4.52. The van der Waals surface area contributed by atoms with E-state index in [0.29, 0.717) is 11.7 Å². The number of rotatable bonds is 6. The number of nitrogens with one attached hydrogen (secondary N) is 1. The molecular formula is C14H19N5OS. The van der Waals surface area contributed by atoms with Gasteiger partial charge in [0, 0.05) is 6.54 Å². The number of thioether (sulfide) groups is 1. The van der Waals surface area contributed by atoms with Crippen LogP contribution in [0.3, 0.4) is 0 Å². The van der Waals surface area contributed by atoms with E-state index in [1.54, 1.807) is 11.5 Å². The Kier molecular flexibility index (Phi) is 5.21. The number of nitrogens with two attached hydrogens (primary N) is 1. The van der Waals surface area contributed by atoms with Gasteiger partial charge < -0.3 is 11.1 Å². The summed E-state index contributed by atoms with van der Waals surface area (Å²) in [5.41, 5.74) is 6.87. The van der Waals surface area contributed by atoms with E-state index < -0.39 is 6.04 Å². The number of hydrogen-bond donors (Lipinski definition) is 2. The Balaban J connectivity index is 2.04. The lowest BCUT2D eigenvalue weighted by molar-refractivity contribution is -0.124. The molecule has 0 fully saturated rings. The van der Waals surface area contributed by atoms with E-state index in [1.165, 1.54) is 11.8 Å². The number of aromatic nitrogens is 3.